The van der Waals surface area contributed by atoms with Gasteiger partial charge in [-0.05, 0) is 68.1 Å². The van der Waals surface area contributed by atoms with Crippen molar-refractivity contribution in [2.24, 2.45) is 28.9 Å². The molecule has 3 saturated carbocycles. The van der Waals surface area contributed by atoms with Gasteiger partial charge in [-0.25, -0.2) is 0 Å². The molecule has 15 heavy (non-hydrogen) atoms. The van der Waals surface area contributed by atoms with Gasteiger partial charge in [-0.1, -0.05) is 13.3 Å². The highest BCUT2D eigenvalue weighted by Crippen LogP contribution is 2.54. The zero-order valence-electron chi connectivity index (χ0n) is 10.0. The molecule has 0 heterocycles. The Balaban J connectivity index is 1.61. The lowest BCUT2D eigenvalue weighted by Crippen LogP contribution is -2.24. The smallest absolute Gasteiger partial charge is 0.00442 e. The van der Waals surface area contributed by atoms with Crippen molar-refractivity contribution in [1.29, 1.82) is 0 Å². The van der Waals surface area contributed by atoms with E-state index < -0.39 is 0 Å². The Kier molecular flexibility index (Phi) is 2.35. The third kappa shape index (κ3) is 1.84. The zero-order valence-corrected chi connectivity index (χ0v) is 10.0. The molecular formula is C14H25N. The van der Waals surface area contributed by atoms with Gasteiger partial charge in [0.05, 0.1) is 0 Å². The molecule has 2 bridgehead atoms. The summed E-state index contributed by atoms with van der Waals surface area (Å²) < 4.78 is 0. The second kappa shape index (κ2) is 3.48. The van der Waals surface area contributed by atoms with Gasteiger partial charge in [-0.2, -0.15) is 0 Å². The van der Waals surface area contributed by atoms with Crippen LogP contribution in [0.3, 0.4) is 0 Å². The molecule has 0 aromatic rings. The van der Waals surface area contributed by atoms with Crippen molar-refractivity contribution in [2.45, 2.75) is 64.3 Å². The average Bonchev–Trinajstić information content (AvgIpc) is 2.82. The van der Waals surface area contributed by atoms with Gasteiger partial charge in [0.2, 0.25) is 0 Å². The van der Waals surface area contributed by atoms with Crippen molar-refractivity contribution in [3.63, 3.8) is 0 Å². The summed E-state index contributed by atoms with van der Waals surface area (Å²) in [6, 6.07) is 0.508. The molecule has 3 aliphatic rings. The van der Waals surface area contributed by atoms with Crippen LogP contribution in [0.5, 0.6) is 0 Å². The van der Waals surface area contributed by atoms with Gasteiger partial charge < -0.3 is 5.73 Å². The van der Waals surface area contributed by atoms with Gasteiger partial charge in [-0.15, -0.1) is 0 Å². The predicted octanol–water partition coefficient (Wildman–Crippen LogP) is 3.33. The van der Waals surface area contributed by atoms with Crippen molar-refractivity contribution in [2.75, 3.05) is 0 Å². The van der Waals surface area contributed by atoms with Crippen LogP contribution < -0.4 is 5.73 Å². The van der Waals surface area contributed by atoms with Crippen LogP contribution in [-0.2, 0) is 0 Å². The van der Waals surface area contributed by atoms with Gasteiger partial charge in [-0.3, -0.25) is 0 Å². The highest BCUT2D eigenvalue weighted by atomic mass is 14.7. The van der Waals surface area contributed by atoms with Crippen LogP contribution in [0.25, 0.3) is 0 Å². The van der Waals surface area contributed by atoms with E-state index in [-0.39, 0.29) is 0 Å². The topological polar surface area (TPSA) is 26.0 Å². The summed E-state index contributed by atoms with van der Waals surface area (Å²) in [6.45, 7) is 2.49. The van der Waals surface area contributed by atoms with Crippen LogP contribution in [-0.4, -0.2) is 6.04 Å². The predicted molar refractivity (Wildman–Crippen MR) is 63.5 cm³/mol. The lowest BCUT2D eigenvalue weighted by Gasteiger charge is -2.31. The van der Waals surface area contributed by atoms with Gasteiger partial charge >= 0.3 is 0 Å². The standard InChI is InChI=1S/C14H25N/c1-14(5-4-13(15)9-14)8-12-7-10-2-3-11(12)6-10/h10-13H,2-9,15H2,1H3. The Morgan fingerprint density at radius 2 is 2.07 bits per heavy atom. The van der Waals surface area contributed by atoms with E-state index in [4.69, 9.17) is 5.73 Å². The van der Waals surface area contributed by atoms with Gasteiger partial charge in [0.15, 0.2) is 0 Å². The minimum Gasteiger partial charge on any atom is -0.328 e. The van der Waals surface area contributed by atoms with Crippen LogP contribution in [0.15, 0.2) is 0 Å². The molecule has 3 fully saturated rings. The first-order valence-electron chi connectivity index (χ1n) is 6.90. The van der Waals surface area contributed by atoms with Crippen LogP contribution in [0.4, 0.5) is 0 Å². The number of hydrogen-bond acceptors (Lipinski definition) is 1. The summed E-state index contributed by atoms with van der Waals surface area (Å²) in [4.78, 5) is 0. The molecule has 0 spiro atoms. The van der Waals surface area contributed by atoms with Crippen LogP contribution in [0.2, 0.25) is 0 Å². The van der Waals surface area contributed by atoms with Crippen molar-refractivity contribution >= 4 is 0 Å². The summed E-state index contributed by atoms with van der Waals surface area (Å²) in [6.07, 6.45) is 11.6. The van der Waals surface area contributed by atoms with Crippen LogP contribution in [0.1, 0.15) is 58.3 Å². The van der Waals surface area contributed by atoms with Crippen molar-refractivity contribution < 1.29 is 0 Å². The van der Waals surface area contributed by atoms with Crippen molar-refractivity contribution in [3.05, 3.63) is 0 Å². The molecule has 3 rings (SSSR count). The molecule has 1 nitrogen and oxygen atoms in total. The summed E-state index contributed by atoms with van der Waals surface area (Å²) in [5.41, 5.74) is 6.67. The second-order valence-corrected chi connectivity index (χ2v) is 6.95. The van der Waals surface area contributed by atoms with E-state index in [1.165, 1.54) is 38.5 Å². The Bertz CT molecular complexity index is 250. The fourth-order valence-corrected chi connectivity index (χ4v) is 4.82. The quantitative estimate of drug-likeness (QED) is 0.738. The first-order valence-corrected chi connectivity index (χ1v) is 6.90. The fourth-order valence-electron chi connectivity index (χ4n) is 4.82. The molecule has 2 N–H and O–H groups in total. The van der Waals surface area contributed by atoms with E-state index in [0.717, 1.165) is 17.8 Å². The van der Waals surface area contributed by atoms with Crippen molar-refractivity contribution in [1.82, 2.24) is 0 Å². The average molecular weight is 207 g/mol. The molecule has 0 amide bonds. The lowest BCUT2D eigenvalue weighted by atomic mass is 9.74. The van der Waals surface area contributed by atoms with Crippen molar-refractivity contribution in [3.8, 4) is 0 Å². The molecule has 0 saturated heterocycles. The largest absolute Gasteiger partial charge is 0.328 e. The van der Waals surface area contributed by atoms with E-state index in [1.54, 1.807) is 12.8 Å². The molecule has 0 radical (unpaired) electrons. The monoisotopic (exact) mass is 207 g/mol. The summed E-state index contributed by atoms with van der Waals surface area (Å²) in [7, 11) is 0. The molecule has 3 aliphatic carbocycles. The highest BCUT2D eigenvalue weighted by molar-refractivity contribution is 4.95. The molecule has 0 aliphatic heterocycles. The minimum atomic E-state index is 0.508. The van der Waals surface area contributed by atoms with Gasteiger partial charge in [0.25, 0.3) is 0 Å². The zero-order chi connectivity index (χ0) is 10.5. The maximum Gasteiger partial charge on any atom is 0.00442 e. The molecule has 5 atom stereocenters. The van der Waals surface area contributed by atoms with E-state index in [0.29, 0.717) is 11.5 Å². The highest BCUT2D eigenvalue weighted by Gasteiger charge is 2.44. The SMILES string of the molecule is CC1(CC2CC3CCC2C3)CCC(N)C1. The molecule has 1 heteroatoms. The Labute approximate surface area is 93.8 Å². The second-order valence-electron chi connectivity index (χ2n) is 6.95. The maximum absolute atomic E-state index is 6.06. The molecule has 5 unspecified atom stereocenters. The first kappa shape index (κ1) is 10.1. The summed E-state index contributed by atoms with van der Waals surface area (Å²) in [5.74, 6) is 3.28. The molecule has 0 aromatic carbocycles. The number of fused-ring (bicyclic) bond motifs is 2. The lowest BCUT2D eigenvalue weighted by molar-refractivity contribution is 0.193. The maximum atomic E-state index is 6.06. The third-order valence-electron chi connectivity index (χ3n) is 5.51. The minimum absolute atomic E-state index is 0.508. The Morgan fingerprint density at radius 3 is 2.60 bits per heavy atom. The van der Waals surface area contributed by atoms with E-state index in [1.807, 2.05) is 0 Å². The normalized spacial score (nSPS) is 54.0. The van der Waals surface area contributed by atoms with E-state index in [2.05, 4.69) is 6.92 Å². The summed E-state index contributed by atoms with van der Waals surface area (Å²) >= 11 is 0. The third-order valence-corrected chi connectivity index (χ3v) is 5.51. The van der Waals surface area contributed by atoms with E-state index >= 15 is 0 Å². The Hall–Kier alpha value is -0.0400. The molecular weight excluding hydrogens is 182 g/mol. The van der Waals surface area contributed by atoms with E-state index in [9.17, 15) is 0 Å². The molecule has 0 aromatic heterocycles. The summed E-state index contributed by atoms with van der Waals surface area (Å²) in [5, 5.41) is 0. The fraction of sp³-hybridized carbons (Fsp3) is 1.00. The first-order chi connectivity index (χ1) is 7.15. The van der Waals surface area contributed by atoms with Crippen LogP contribution in [0, 0.1) is 23.2 Å². The van der Waals surface area contributed by atoms with Gasteiger partial charge in [0, 0.05) is 6.04 Å². The Morgan fingerprint density at radius 1 is 1.20 bits per heavy atom. The van der Waals surface area contributed by atoms with Gasteiger partial charge in [0.1, 0.15) is 0 Å². The molecule has 86 valence electrons. The number of hydrogen-bond donors (Lipinski definition) is 1. The number of nitrogens with two attached hydrogens (primary N) is 1. The van der Waals surface area contributed by atoms with Crippen LogP contribution >= 0.6 is 0 Å². The number of rotatable bonds is 2.